The molecule has 118 valence electrons. The number of ether oxygens (including phenoxy) is 2. The van der Waals surface area contributed by atoms with Gasteiger partial charge >= 0.3 is 0 Å². The molecule has 2 rings (SSSR count). The molecule has 1 unspecified atom stereocenters. The summed E-state index contributed by atoms with van der Waals surface area (Å²) in [7, 11) is 1.88. The Morgan fingerprint density at radius 1 is 1.29 bits per heavy atom. The molecule has 1 amide bonds. The van der Waals surface area contributed by atoms with Crippen molar-refractivity contribution >= 4 is 18.3 Å². The minimum atomic E-state index is -0.0343. The molecule has 0 spiro atoms. The second-order valence-electron chi connectivity index (χ2n) is 4.90. The lowest BCUT2D eigenvalue weighted by Gasteiger charge is -2.21. The number of nitrogens with one attached hydrogen (secondary N) is 2. The van der Waals surface area contributed by atoms with Gasteiger partial charge in [0.1, 0.15) is 13.2 Å². The predicted octanol–water partition coefficient (Wildman–Crippen LogP) is 2.06. The van der Waals surface area contributed by atoms with Crippen molar-refractivity contribution in [2.75, 3.05) is 26.8 Å². The van der Waals surface area contributed by atoms with Crippen molar-refractivity contribution in [2.45, 2.75) is 25.8 Å². The van der Waals surface area contributed by atoms with Crippen molar-refractivity contribution in [3.8, 4) is 11.5 Å². The Bertz CT molecular complexity index is 468. The summed E-state index contributed by atoms with van der Waals surface area (Å²) in [5, 5.41) is 6.03. The van der Waals surface area contributed by atoms with Crippen molar-refractivity contribution in [1.82, 2.24) is 10.6 Å². The Labute approximate surface area is 131 Å². The van der Waals surface area contributed by atoms with Crippen LogP contribution in [0.5, 0.6) is 11.5 Å². The summed E-state index contributed by atoms with van der Waals surface area (Å²) in [6, 6.07) is 5.76. The summed E-state index contributed by atoms with van der Waals surface area (Å²) < 4.78 is 11.0. The second kappa shape index (κ2) is 8.74. The molecular formula is C15H23ClN2O3. The van der Waals surface area contributed by atoms with E-state index < -0.39 is 0 Å². The summed E-state index contributed by atoms with van der Waals surface area (Å²) in [4.78, 5) is 11.8. The van der Waals surface area contributed by atoms with E-state index in [0.717, 1.165) is 30.0 Å². The van der Waals surface area contributed by atoms with Crippen LogP contribution in [0.3, 0.4) is 0 Å². The summed E-state index contributed by atoms with van der Waals surface area (Å²) in [6.45, 7) is 3.98. The highest BCUT2D eigenvalue weighted by Gasteiger charge is 2.15. The van der Waals surface area contributed by atoms with E-state index in [4.69, 9.17) is 9.47 Å². The lowest BCUT2D eigenvalue weighted by molar-refractivity contribution is -0.121. The molecule has 0 saturated heterocycles. The molecule has 0 bridgehead atoms. The van der Waals surface area contributed by atoms with Gasteiger partial charge in [0.25, 0.3) is 0 Å². The zero-order valence-electron chi connectivity index (χ0n) is 12.5. The van der Waals surface area contributed by atoms with Crippen molar-refractivity contribution in [1.29, 1.82) is 0 Å². The smallest absolute Gasteiger partial charge is 0.220 e. The van der Waals surface area contributed by atoms with Crippen molar-refractivity contribution < 1.29 is 14.3 Å². The third kappa shape index (κ3) is 5.10. The number of hydrogen-bond donors (Lipinski definition) is 2. The lowest BCUT2D eigenvalue weighted by atomic mass is 10.1. The van der Waals surface area contributed by atoms with Crippen LogP contribution in [0.15, 0.2) is 18.2 Å². The van der Waals surface area contributed by atoms with Crippen LogP contribution < -0.4 is 20.1 Å². The van der Waals surface area contributed by atoms with E-state index >= 15 is 0 Å². The molecule has 0 saturated carbocycles. The Morgan fingerprint density at radius 3 is 2.71 bits per heavy atom. The molecule has 0 radical (unpaired) electrons. The van der Waals surface area contributed by atoms with Crippen LogP contribution in [-0.4, -0.2) is 32.7 Å². The van der Waals surface area contributed by atoms with Gasteiger partial charge in [0.15, 0.2) is 11.5 Å². The summed E-state index contributed by atoms with van der Waals surface area (Å²) in [5.74, 6) is 1.60. The normalized spacial score (nSPS) is 14.0. The highest BCUT2D eigenvalue weighted by molar-refractivity contribution is 5.85. The van der Waals surface area contributed by atoms with Gasteiger partial charge in [-0.3, -0.25) is 4.79 Å². The fourth-order valence-electron chi connectivity index (χ4n) is 2.15. The number of carbonyl (C=O) groups is 1. The quantitative estimate of drug-likeness (QED) is 0.789. The van der Waals surface area contributed by atoms with Gasteiger partial charge in [-0.1, -0.05) is 6.07 Å². The largest absolute Gasteiger partial charge is 0.486 e. The maximum absolute atomic E-state index is 11.8. The van der Waals surface area contributed by atoms with Crippen LogP contribution in [0.4, 0.5) is 0 Å². The van der Waals surface area contributed by atoms with Crippen LogP contribution in [0.25, 0.3) is 0 Å². The Kier molecular flexibility index (Phi) is 7.32. The summed E-state index contributed by atoms with van der Waals surface area (Å²) in [6.07, 6.45) is 1.38. The first-order valence-corrected chi connectivity index (χ1v) is 7.04. The molecule has 1 atom stereocenters. The molecule has 1 heterocycles. The first kappa shape index (κ1) is 17.6. The van der Waals surface area contributed by atoms with E-state index in [-0.39, 0.29) is 24.4 Å². The zero-order chi connectivity index (χ0) is 14.4. The number of carbonyl (C=O) groups excluding carboxylic acids is 1. The number of halogens is 1. The van der Waals surface area contributed by atoms with Gasteiger partial charge in [0.2, 0.25) is 5.91 Å². The van der Waals surface area contributed by atoms with E-state index in [1.54, 1.807) is 0 Å². The van der Waals surface area contributed by atoms with E-state index in [0.29, 0.717) is 19.6 Å². The molecule has 1 aliphatic rings. The number of amides is 1. The Balaban J connectivity index is 0.00000220. The molecule has 0 aromatic heterocycles. The van der Waals surface area contributed by atoms with Gasteiger partial charge in [-0.15, -0.1) is 12.4 Å². The molecular weight excluding hydrogens is 292 g/mol. The monoisotopic (exact) mass is 314 g/mol. The molecule has 1 aliphatic heterocycles. The van der Waals surface area contributed by atoms with Crippen molar-refractivity contribution in [2.24, 2.45) is 0 Å². The topological polar surface area (TPSA) is 59.6 Å². The highest BCUT2D eigenvalue weighted by atomic mass is 35.5. The van der Waals surface area contributed by atoms with Crippen LogP contribution in [0.2, 0.25) is 0 Å². The van der Waals surface area contributed by atoms with E-state index in [1.807, 2.05) is 32.2 Å². The molecule has 1 aromatic rings. The van der Waals surface area contributed by atoms with Crippen LogP contribution in [0.1, 0.15) is 31.4 Å². The Morgan fingerprint density at radius 2 is 2.00 bits per heavy atom. The molecule has 0 fully saturated rings. The van der Waals surface area contributed by atoms with Gasteiger partial charge < -0.3 is 20.1 Å². The van der Waals surface area contributed by atoms with E-state index in [2.05, 4.69) is 10.6 Å². The first-order valence-electron chi connectivity index (χ1n) is 7.04. The first-order chi connectivity index (χ1) is 9.70. The fraction of sp³-hybridized carbons (Fsp3) is 0.533. The minimum Gasteiger partial charge on any atom is -0.486 e. The molecule has 2 N–H and O–H groups in total. The summed E-state index contributed by atoms with van der Waals surface area (Å²) in [5.41, 5.74) is 1.02. The van der Waals surface area contributed by atoms with Crippen molar-refractivity contribution in [3.05, 3.63) is 23.8 Å². The zero-order valence-corrected chi connectivity index (χ0v) is 13.3. The van der Waals surface area contributed by atoms with Crippen LogP contribution in [-0.2, 0) is 4.79 Å². The fourth-order valence-corrected chi connectivity index (χ4v) is 2.15. The molecule has 6 heteroatoms. The van der Waals surface area contributed by atoms with Gasteiger partial charge in [0.05, 0.1) is 6.04 Å². The Hall–Kier alpha value is -1.46. The van der Waals surface area contributed by atoms with E-state index in [9.17, 15) is 4.79 Å². The number of rotatable bonds is 6. The van der Waals surface area contributed by atoms with E-state index in [1.165, 1.54) is 0 Å². The van der Waals surface area contributed by atoms with Gasteiger partial charge in [-0.05, 0) is 44.6 Å². The molecule has 21 heavy (non-hydrogen) atoms. The maximum atomic E-state index is 11.8. The summed E-state index contributed by atoms with van der Waals surface area (Å²) >= 11 is 0. The minimum absolute atomic E-state index is 0. The number of fused-ring (bicyclic) bond motifs is 1. The lowest BCUT2D eigenvalue weighted by Crippen LogP contribution is -2.27. The van der Waals surface area contributed by atoms with Gasteiger partial charge in [-0.2, -0.15) is 0 Å². The maximum Gasteiger partial charge on any atom is 0.220 e. The average Bonchev–Trinajstić information content (AvgIpc) is 2.47. The molecule has 1 aromatic carbocycles. The molecule has 0 aliphatic carbocycles. The predicted molar refractivity (Wildman–Crippen MR) is 84.4 cm³/mol. The van der Waals surface area contributed by atoms with Crippen molar-refractivity contribution in [3.63, 3.8) is 0 Å². The highest BCUT2D eigenvalue weighted by Crippen LogP contribution is 2.32. The average molecular weight is 315 g/mol. The third-order valence-corrected chi connectivity index (χ3v) is 3.27. The van der Waals surface area contributed by atoms with Crippen LogP contribution >= 0.6 is 12.4 Å². The molecule has 5 nitrogen and oxygen atoms in total. The standard InChI is InChI=1S/C15H22N2O3.ClH/c1-11(17-15(18)4-3-7-16-2)12-5-6-13-14(10-12)20-9-8-19-13;/h5-6,10-11,16H,3-4,7-9H2,1-2H3,(H,17,18);1H. The SMILES string of the molecule is CNCCCC(=O)NC(C)c1ccc2c(c1)OCCO2.Cl. The van der Waals surface area contributed by atoms with Crippen LogP contribution in [0, 0.1) is 0 Å². The number of benzene rings is 1. The van der Waals surface area contributed by atoms with Gasteiger partial charge in [0, 0.05) is 6.42 Å². The second-order valence-corrected chi connectivity index (χ2v) is 4.90. The van der Waals surface area contributed by atoms with Gasteiger partial charge in [-0.25, -0.2) is 0 Å². The third-order valence-electron chi connectivity index (χ3n) is 3.27. The number of hydrogen-bond acceptors (Lipinski definition) is 4.